The Balaban J connectivity index is 1.67. The summed E-state index contributed by atoms with van der Waals surface area (Å²) in [6.07, 6.45) is 2.00. The summed E-state index contributed by atoms with van der Waals surface area (Å²) in [4.78, 5) is 14.7. The maximum Gasteiger partial charge on any atom is 0.258 e. The molecule has 0 bridgehead atoms. The lowest BCUT2D eigenvalue weighted by molar-refractivity contribution is 0.0989. The number of para-hydroxylation sites is 1. The molecule has 2 aliphatic rings. The van der Waals surface area contributed by atoms with Gasteiger partial charge in [-0.3, -0.25) is 4.79 Å². The molecule has 3 heteroatoms. The Labute approximate surface area is 124 Å². The van der Waals surface area contributed by atoms with Crippen LogP contribution in [0.1, 0.15) is 27.0 Å². The average Bonchev–Trinajstić information content (AvgIpc) is 2.98. The average molecular weight is 278 g/mol. The molecule has 0 saturated carbocycles. The first-order chi connectivity index (χ1) is 10.3. The van der Waals surface area contributed by atoms with Crippen molar-refractivity contribution in [1.29, 1.82) is 0 Å². The van der Waals surface area contributed by atoms with Crippen molar-refractivity contribution in [2.45, 2.75) is 19.4 Å². The maximum atomic E-state index is 12.8. The van der Waals surface area contributed by atoms with E-state index in [4.69, 9.17) is 0 Å². The van der Waals surface area contributed by atoms with Crippen molar-refractivity contribution in [3.05, 3.63) is 64.7 Å². The molecule has 0 aromatic heterocycles. The van der Waals surface area contributed by atoms with E-state index < -0.39 is 0 Å². The van der Waals surface area contributed by atoms with Crippen LogP contribution in [0.2, 0.25) is 0 Å². The molecule has 21 heavy (non-hydrogen) atoms. The van der Waals surface area contributed by atoms with Gasteiger partial charge < -0.3 is 10.2 Å². The smallest absolute Gasteiger partial charge is 0.258 e. The van der Waals surface area contributed by atoms with Crippen LogP contribution in [0.3, 0.4) is 0 Å². The molecule has 1 N–H and O–H groups in total. The van der Waals surface area contributed by atoms with E-state index >= 15 is 0 Å². The molecule has 0 fully saturated rings. The van der Waals surface area contributed by atoms with E-state index in [2.05, 4.69) is 23.5 Å². The summed E-state index contributed by atoms with van der Waals surface area (Å²) in [7, 11) is 0. The number of carbonyl (C=O) groups is 1. The van der Waals surface area contributed by atoms with Gasteiger partial charge >= 0.3 is 0 Å². The molecule has 0 atom stereocenters. The Hall–Kier alpha value is -2.13. The summed E-state index contributed by atoms with van der Waals surface area (Å²) in [5, 5.41) is 3.37. The Morgan fingerprint density at radius 1 is 1.00 bits per heavy atom. The quantitative estimate of drug-likeness (QED) is 0.869. The standard InChI is InChI=1S/C18H18N2O/c21-18(20-10-8-14-3-1-2-4-17(14)20)15-6-5-13-7-9-19-12-16(13)11-15/h1-6,11,19H,7-10,12H2. The second-order valence-corrected chi connectivity index (χ2v) is 5.75. The van der Waals surface area contributed by atoms with Crippen molar-refractivity contribution >= 4 is 11.6 Å². The summed E-state index contributed by atoms with van der Waals surface area (Å²) < 4.78 is 0. The highest BCUT2D eigenvalue weighted by Gasteiger charge is 2.25. The Morgan fingerprint density at radius 2 is 1.90 bits per heavy atom. The number of amides is 1. The van der Waals surface area contributed by atoms with Gasteiger partial charge in [0.05, 0.1) is 0 Å². The van der Waals surface area contributed by atoms with E-state index in [9.17, 15) is 4.79 Å². The molecule has 2 aromatic carbocycles. The van der Waals surface area contributed by atoms with Gasteiger partial charge in [0, 0.05) is 24.3 Å². The highest BCUT2D eigenvalue weighted by Crippen LogP contribution is 2.29. The summed E-state index contributed by atoms with van der Waals surface area (Å²) in [6, 6.07) is 14.3. The zero-order chi connectivity index (χ0) is 14.2. The number of hydrogen-bond acceptors (Lipinski definition) is 2. The molecule has 0 radical (unpaired) electrons. The van der Waals surface area contributed by atoms with Gasteiger partial charge in [0.2, 0.25) is 0 Å². The lowest BCUT2D eigenvalue weighted by Crippen LogP contribution is -2.30. The largest absolute Gasteiger partial charge is 0.312 e. The molecular weight excluding hydrogens is 260 g/mol. The van der Waals surface area contributed by atoms with Crippen LogP contribution in [0.15, 0.2) is 42.5 Å². The van der Waals surface area contributed by atoms with Crippen molar-refractivity contribution in [3.8, 4) is 0 Å². The molecule has 3 nitrogen and oxygen atoms in total. The van der Waals surface area contributed by atoms with Crippen LogP contribution >= 0.6 is 0 Å². The number of hydrogen-bond donors (Lipinski definition) is 1. The zero-order valence-corrected chi connectivity index (χ0v) is 11.9. The fourth-order valence-electron chi connectivity index (χ4n) is 3.32. The third kappa shape index (κ3) is 2.14. The van der Waals surface area contributed by atoms with E-state index in [1.807, 2.05) is 29.2 Å². The van der Waals surface area contributed by atoms with Crippen LogP contribution in [0.5, 0.6) is 0 Å². The fourth-order valence-corrected chi connectivity index (χ4v) is 3.32. The molecule has 2 aliphatic heterocycles. The van der Waals surface area contributed by atoms with E-state index in [1.54, 1.807) is 0 Å². The molecule has 1 amide bonds. The highest BCUT2D eigenvalue weighted by atomic mass is 16.2. The van der Waals surface area contributed by atoms with Crippen LogP contribution in [0.4, 0.5) is 5.69 Å². The molecule has 2 aromatic rings. The summed E-state index contributed by atoms with van der Waals surface area (Å²) in [5.41, 5.74) is 5.77. The second-order valence-electron chi connectivity index (χ2n) is 5.75. The van der Waals surface area contributed by atoms with E-state index in [-0.39, 0.29) is 5.91 Å². The highest BCUT2D eigenvalue weighted by molar-refractivity contribution is 6.07. The Kier molecular flexibility index (Phi) is 3.00. The number of anilines is 1. The zero-order valence-electron chi connectivity index (χ0n) is 11.9. The lowest BCUT2D eigenvalue weighted by atomic mass is 9.98. The lowest BCUT2D eigenvalue weighted by Gasteiger charge is -2.21. The summed E-state index contributed by atoms with van der Waals surface area (Å²) >= 11 is 0. The maximum absolute atomic E-state index is 12.8. The van der Waals surface area contributed by atoms with Gasteiger partial charge in [-0.25, -0.2) is 0 Å². The SMILES string of the molecule is O=C(c1ccc2c(c1)CNCC2)N1CCc2ccccc21. The molecular formula is C18H18N2O. The predicted molar refractivity (Wildman–Crippen MR) is 83.7 cm³/mol. The minimum Gasteiger partial charge on any atom is -0.312 e. The van der Waals surface area contributed by atoms with Crippen molar-refractivity contribution in [2.24, 2.45) is 0 Å². The van der Waals surface area contributed by atoms with Gasteiger partial charge in [-0.1, -0.05) is 24.3 Å². The molecule has 0 saturated heterocycles. The van der Waals surface area contributed by atoms with Crippen molar-refractivity contribution < 1.29 is 4.79 Å². The van der Waals surface area contributed by atoms with Crippen LogP contribution in [0.25, 0.3) is 0 Å². The van der Waals surface area contributed by atoms with Gasteiger partial charge in [0.25, 0.3) is 5.91 Å². The topological polar surface area (TPSA) is 32.3 Å². The first kappa shape index (κ1) is 12.6. The molecule has 2 heterocycles. The molecule has 0 aliphatic carbocycles. The number of benzene rings is 2. The van der Waals surface area contributed by atoms with Gasteiger partial charge in [-0.15, -0.1) is 0 Å². The number of fused-ring (bicyclic) bond motifs is 2. The minimum absolute atomic E-state index is 0.119. The Bertz CT molecular complexity index is 708. The molecule has 0 unspecified atom stereocenters. The van der Waals surface area contributed by atoms with Gasteiger partial charge in [-0.05, 0) is 54.3 Å². The van der Waals surface area contributed by atoms with E-state index in [1.165, 1.54) is 16.7 Å². The van der Waals surface area contributed by atoms with Crippen molar-refractivity contribution in [3.63, 3.8) is 0 Å². The summed E-state index contributed by atoms with van der Waals surface area (Å²) in [6.45, 7) is 2.68. The van der Waals surface area contributed by atoms with Crippen LogP contribution in [0, 0.1) is 0 Å². The first-order valence-electron chi connectivity index (χ1n) is 7.55. The number of nitrogens with one attached hydrogen (secondary N) is 1. The third-order valence-electron chi connectivity index (χ3n) is 4.47. The second kappa shape index (κ2) is 5.01. The monoisotopic (exact) mass is 278 g/mol. The minimum atomic E-state index is 0.119. The third-order valence-corrected chi connectivity index (χ3v) is 4.47. The normalized spacial score (nSPS) is 16.5. The molecule has 0 spiro atoms. The van der Waals surface area contributed by atoms with E-state index in [0.29, 0.717) is 0 Å². The first-order valence-corrected chi connectivity index (χ1v) is 7.55. The number of carbonyl (C=O) groups excluding carboxylic acids is 1. The summed E-state index contributed by atoms with van der Waals surface area (Å²) in [5.74, 6) is 0.119. The predicted octanol–water partition coefficient (Wildman–Crippen LogP) is 2.54. The molecule has 106 valence electrons. The van der Waals surface area contributed by atoms with Gasteiger partial charge in [0.1, 0.15) is 0 Å². The van der Waals surface area contributed by atoms with Crippen molar-refractivity contribution in [1.82, 2.24) is 5.32 Å². The number of rotatable bonds is 1. The fraction of sp³-hybridized carbons (Fsp3) is 0.278. The van der Waals surface area contributed by atoms with Crippen molar-refractivity contribution in [2.75, 3.05) is 18.0 Å². The van der Waals surface area contributed by atoms with Crippen LogP contribution in [-0.4, -0.2) is 19.0 Å². The van der Waals surface area contributed by atoms with Gasteiger partial charge in [0.15, 0.2) is 0 Å². The molecule has 4 rings (SSSR count). The van der Waals surface area contributed by atoms with E-state index in [0.717, 1.165) is 43.7 Å². The van der Waals surface area contributed by atoms with Crippen LogP contribution in [-0.2, 0) is 19.4 Å². The van der Waals surface area contributed by atoms with Crippen LogP contribution < -0.4 is 10.2 Å². The van der Waals surface area contributed by atoms with Gasteiger partial charge in [-0.2, -0.15) is 0 Å². The number of nitrogens with zero attached hydrogens (tertiary/aromatic N) is 1. The Morgan fingerprint density at radius 3 is 2.86 bits per heavy atom.